The van der Waals surface area contributed by atoms with Gasteiger partial charge in [0, 0.05) is 5.69 Å². The van der Waals surface area contributed by atoms with Crippen LogP contribution in [0.3, 0.4) is 0 Å². The highest BCUT2D eigenvalue weighted by molar-refractivity contribution is 5.89. The third kappa shape index (κ3) is 4.25. The van der Waals surface area contributed by atoms with Gasteiger partial charge in [-0.1, -0.05) is 63.2 Å². The van der Waals surface area contributed by atoms with Crippen molar-refractivity contribution in [3.05, 3.63) is 65.7 Å². The van der Waals surface area contributed by atoms with Crippen LogP contribution in [0, 0.1) is 5.92 Å². The van der Waals surface area contributed by atoms with Crippen LogP contribution in [0.5, 0.6) is 0 Å². The van der Waals surface area contributed by atoms with Crippen LogP contribution < -0.4 is 10.6 Å². The molecule has 0 spiro atoms. The second-order valence-corrected chi connectivity index (χ2v) is 8.20. The summed E-state index contributed by atoms with van der Waals surface area (Å²) in [6.07, 6.45) is 1.98. The van der Waals surface area contributed by atoms with Crippen molar-refractivity contribution in [2.45, 2.75) is 44.6 Å². The summed E-state index contributed by atoms with van der Waals surface area (Å²) in [5, 5.41) is 16.8. The molecule has 4 nitrogen and oxygen atoms in total. The summed E-state index contributed by atoms with van der Waals surface area (Å²) in [5.74, 6) is 0.205. The van der Waals surface area contributed by atoms with Crippen LogP contribution in [-0.2, 0) is 11.0 Å². The van der Waals surface area contributed by atoms with Gasteiger partial charge in [-0.05, 0) is 47.4 Å². The summed E-state index contributed by atoms with van der Waals surface area (Å²) in [6, 6.07) is 17.2. The van der Waals surface area contributed by atoms with Gasteiger partial charge in [0.2, 0.25) is 0 Å². The first-order valence-corrected chi connectivity index (χ1v) is 9.22. The third-order valence-electron chi connectivity index (χ3n) is 5.05. The predicted molar refractivity (Wildman–Crippen MR) is 105 cm³/mol. The van der Waals surface area contributed by atoms with E-state index >= 15 is 0 Å². The van der Waals surface area contributed by atoms with Gasteiger partial charge in [0.05, 0.1) is 6.54 Å². The zero-order valence-corrected chi connectivity index (χ0v) is 15.8. The summed E-state index contributed by atoms with van der Waals surface area (Å²) >= 11 is 0. The Balaban J connectivity index is 1.61. The molecule has 0 aromatic heterocycles. The van der Waals surface area contributed by atoms with Crippen LogP contribution in [0.4, 0.5) is 10.5 Å². The van der Waals surface area contributed by atoms with Crippen molar-refractivity contribution < 1.29 is 9.90 Å². The smallest absolute Gasteiger partial charge is 0.319 e. The number of hydrogen-bond donors (Lipinski definition) is 3. The average Bonchev–Trinajstić information content (AvgIpc) is 3.46. The largest absolute Gasteiger partial charge is 0.383 e. The fourth-order valence-corrected chi connectivity index (χ4v) is 3.21. The summed E-state index contributed by atoms with van der Waals surface area (Å²) in [4.78, 5) is 12.3. The molecule has 0 heterocycles. The minimum atomic E-state index is -1.01. The Bertz CT molecular complexity index is 746. The monoisotopic (exact) mass is 352 g/mol. The van der Waals surface area contributed by atoms with E-state index < -0.39 is 5.60 Å². The molecule has 3 rings (SSSR count). The molecule has 2 aromatic carbocycles. The van der Waals surface area contributed by atoms with E-state index in [1.807, 2.05) is 54.6 Å². The van der Waals surface area contributed by atoms with Gasteiger partial charge in [0.1, 0.15) is 5.60 Å². The number of aliphatic hydroxyl groups is 1. The number of anilines is 1. The highest BCUT2D eigenvalue weighted by Crippen LogP contribution is 2.45. The summed E-state index contributed by atoms with van der Waals surface area (Å²) in [5.41, 5.74) is 1.89. The molecule has 0 bridgehead atoms. The maximum atomic E-state index is 12.3. The normalized spacial score (nSPS) is 16.6. The van der Waals surface area contributed by atoms with E-state index in [4.69, 9.17) is 0 Å². The van der Waals surface area contributed by atoms with Crippen molar-refractivity contribution in [2.24, 2.45) is 5.92 Å². The number of carbonyl (C=O) groups excluding carboxylic acids is 1. The van der Waals surface area contributed by atoms with Gasteiger partial charge in [0.25, 0.3) is 0 Å². The van der Waals surface area contributed by atoms with Crippen molar-refractivity contribution in [2.75, 3.05) is 11.9 Å². The summed E-state index contributed by atoms with van der Waals surface area (Å²) < 4.78 is 0. The lowest BCUT2D eigenvalue weighted by Gasteiger charge is -2.29. The number of amides is 2. The number of rotatable bonds is 5. The first-order valence-electron chi connectivity index (χ1n) is 9.22. The van der Waals surface area contributed by atoms with E-state index in [1.165, 1.54) is 5.56 Å². The molecule has 1 aliphatic carbocycles. The first-order chi connectivity index (χ1) is 12.3. The molecule has 1 atom stereocenters. The molecule has 0 radical (unpaired) electrons. The van der Waals surface area contributed by atoms with E-state index in [9.17, 15) is 9.90 Å². The van der Waals surface area contributed by atoms with Crippen LogP contribution in [0.25, 0.3) is 0 Å². The summed E-state index contributed by atoms with van der Waals surface area (Å²) in [7, 11) is 0. The molecule has 1 fully saturated rings. The molecular formula is C22H28N2O2. The fourth-order valence-electron chi connectivity index (χ4n) is 3.21. The average molecular weight is 352 g/mol. The number of hydrogen-bond acceptors (Lipinski definition) is 2. The Morgan fingerprint density at radius 1 is 1.00 bits per heavy atom. The van der Waals surface area contributed by atoms with Gasteiger partial charge in [-0.3, -0.25) is 0 Å². The van der Waals surface area contributed by atoms with Gasteiger partial charge in [-0.15, -0.1) is 0 Å². The van der Waals surface area contributed by atoms with Crippen LogP contribution in [0.15, 0.2) is 54.6 Å². The van der Waals surface area contributed by atoms with Gasteiger partial charge < -0.3 is 15.7 Å². The zero-order valence-electron chi connectivity index (χ0n) is 15.8. The topological polar surface area (TPSA) is 61.4 Å². The van der Waals surface area contributed by atoms with E-state index in [1.54, 1.807) is 0 Å². The Morgan fingerprint density at radius 2 is 1.62 bits per heavy atom. The Labute approximate surface area is 155 Å². The second-order valence-electron chi connectivity index (χ2n) is 8.20. The number of benzene rings is 2. The minimum Gasteiger partial charge on any atom is -0.383 e. The second kappa shape index (κ2) is 7.12. The quantitative estimate of drug-likeness (QED) is 0.747. The van der Waals surface area contributed by atoms with Crippen LogP contribution in [-0.4, -0.2) is 17.7 Å². The van der Waals surface area contributed by atoms with Crippen LogP contribution >= 0.6 is 0 Å². The molecule has 138 valence electrons. The van der Waals surface area contributed by atoms with E-state index in [2.05, 4.69) is 31.4 Å². The Kier molecular flexibility index (Phi) is 5.05. The van der Waals surface area contributed by atoms with Crippen molar-refractivity contribution in [3.8, 4) is 0 Å². The molecule has 4 heteroatoms. The minimum absolute atomic E-state index is 0.0806. The number of nitrogens with one attached hydrogen (secondary N) is 2. The van der Waals surface area contributed by atoms with Gasteiger partial charge in [-0.2, -0.15) is 0 Å². The van der Waals surface area contributed by atoms with E-state index in [0.717, 1.165) is 24.1 Å². The lowest BCUT2D eigenvalue weighted by molar-refractivity contribution is 0.0164. The highest BCUT2D eigenvalue weighted by Gasteiger charge is 2.45. The molecule has 2 aromatic rings. The maximum absolute atomic E-state index is 12.3. The lowest BCUT2D eigenvalue weighted by Crippen LogP contribution is -2.43. The molecule has 2 amide bonds. The van der Waals surface area contributed by atoms with Crippen molar-refractivity contribution in [1.82, 2.24) is 5.32 Å². The molecule has 26 heavy (non-hydrogen) atoms. The maximum Gasteiger partial charge on any atom is 0.319 e. The van der Waals surface area contributed by atoms with Crippen LogP contribution in [0.2, 0.25) is 0 Å². The third-order valence-corrected chi connectivity index (χ3v) is 5.05. The molecule has 1 saturated carbocycles. The van der Waals surface area contributed by atoms with Gasteiger partial charge in [0.15, 0.2) is 0 Å². The predicted octanol–water partition coefficient (Wildman–Crippen LogP) is 4.40. The molecule has 0 saturated heterocycles. The highest BCUT2D eigenvalue weighted by atomic mass is 16.3. The van der Waals surface area contributed by atoms with Crippen molar-refractivity contribution in [1.29, 1.82) is 0 Å². The zero-order chi connectivity index (χ0) is 18.8. The van der Waals surface area contributed by atoms with Crippen molar-refractivity contribution >= 4 is 11.7 Å². The molecular weight excluding hydrogens is 324 g/mol. The summed E-state index contributed by atoms with van der Waals surface area (Å²) in [6.45, 7) is 6.67. The SMILES string of the molecule is CC(C)(C)c1ccc(NC(=O)NCC(O)(c2ccccc2)C2CC2)cc1. The molecule has 3 N–H and O–H groups in total. The molecule has 1 unspecified atom stereocenters. The Hall–Kier alpha value is -2.33. The lowest BCUT2D eigenvalue weighted by atomic mass is 9.87. The fraction of sp³-hybridized carbons (Fsp3) is 0.409. The number of carbonyl (C=O) groups is 1. The number of urea groups is 1. The van der Waals surface area contributed by atoms with E-state index in [-0.39, 0.29) is 23.9 Å². The Morgan fingerprint density at radius 3 is 2.15 bits per heavy atom. The molecule has 0 aliphatic heterocycles. The standard InChI is InChI=1S/C22H28N2O2/c1-21(2,3)16-11-13-19(14-12-16)24-20(25)23-15-22(26,18-9-10-18)17-7-5-4-6-8-17/h4-8,11-14,18,26H,9-10,15H2,1-3H3,(H2,23,24,25). The molecule has 1 aliphatic rings. The van der Waals surface area contributed by atoms with Crippen molar-refractivity contribution in [3.63, 3.8) is 0 Å². The van der Waals surface area contributed by atoms with Gasteiger partial charge >= 0.3 is 6.03 Å². The van der Waals surface area contributed by atoms with Crippen LogP contribution in [0.1, 0.15) is 44.7 Å². The first kappa shape index (κ1) is 18.5. The van der Waals surface area contributed by atoms with Gasteiger partial charge in [-0.25, -0.2) is 4.79 Å². The van der Waals surface area contributed by atoms with E-state index in [0.29, 0.717) is 0 Å².